The third kappa shape index (κ3) is 11.7. The minimum atomic E-state index is -0.150. The van der Waals surface area contributed by atoms with Crippen molar-refractivity contribution in [1.29, 1.82) is 0 Å². The van der Waals surface area contributed by atoms with E-state index in [0.29, 0.717) is 0 Å². The fourth-order valence-corrected chi connectivity index (χ4v) is 1.80. The summed E-state index contributed by atoms with van der Waals surface area (Å²) in [4.78, 5) is 11.4. The molecule has 0 saturated heterocycles. The van der Waals surface area contributed by atoms with E-state index < -0.39 is 0 Å². The van der Waals surface area contributed by atoms with Crippen molar-refractivity contribution < 1.29 is 4.79 Å². The largest absolute Gasteiger partial charge is 0.338 e. The molecule has 0 saturated carbocycles. The van der Waals surface area contributed by atoms with Gasteiger partial charge < -0.3 is 10.6 Å². The summed E-state index contributed by atoms with van der Waals surface area (Å²) in [5, 5.41) is 5.75. The molecule has 0 aliphatic heterocycles. The number of amides is 2. The molecule has 0 unspecified atom stereocenters. The van der Waals surface area contributed by atoms with E-state index >= 15 is 0 Å². The molecule has 0 aromatic rings. The van der Waals surface area contributed by atoms with Crippen LogP contribution < -0.4 is 10.6 Å². The van der Waals surface area contributed by atoms with Gasteiger partial charge in [0, 0.05) is 12.1 Å². The maximum atomic E-state index is 11.4. The summed E-state index contributed by atoms with van der Waals surface area (Å²) < 4.78 is 0. The minimum Gasteiger partial charge on any atom is -0.338 e. The van der Waals surface area contributed by atoms with Crippen molar-refractivity contribution in [3.8, 4) is 0 Å². The van der Waals surface area contributed by atoms with Crippen LogP contribution in [0.5, 0.6) is 0 Å². The van der Waals surface area contributed by atoms with E-state index in [-0.39, 0.29) is 11.6 Å². The molecule has 16 heavy (non-hydrogen) atoms. The summed E-state index contributed by atoms with van der Waals surface area (Å²) in [7, 11) is 0. The molecule has 0 spiro atoms. The molecule has 0 atom stereocenters. The lowest BCUT2D eigenvalue weighted by Crippen LogP contribution is -2.46. The number of carbonyl (C=O) groups excluding carboxylic acids is 1. The Bertz CT molecular complexity index is 190. The van der Waals surface area contributed by atoms with Gasteiger partial charge in [-0.05, 0) is 45.6 Å². The Labute approximate surface area is 104 Å². The van der Waals surface area contributed by atoms with Crippen molar-refractivity contribution in [1.82, 2.24) is 10.6 Å². The lowest BCUT2D eigenvalue weighted by atomic mass is 10.1. The van der Waals surface area contributed by atoms with Gasteiger partial charge in [-0.3, -0.25) is 0 Å². The van der Waals surface area contributed by atoms with Crippen LogP contribution in [0.2, 0.25) is 0 Å². The van der Waals surface area contributed by atoms with Crippen LogP contribution in [0.1, 0.15) is 46.5 Å². The van der Waals surface area contributed by atoms with Crippen LogP contribution in [0.25, 0.3) is 0 Å². The third-order valence-corrected chi connectivity index (χ3v) is 2.75. The van der Waals surface area contributed by atoms with Crippen LogP contribution in [-0.4, -0.2) is 30.1 Å². The Balaban J connectivity index is 3.28. The maximum absolute atomic E-state index is 11.4. The first kappa shape index (κ1) is 15.6. The van der Waals surface area contributed by atoms with Gasteiger partial charge in [-0.25, -0.2) is 4.79 Å². The normalized spacial score (nSPS) is 11.2. The monoisotopic (exact) mass is 246 g/mol. The van der Waals surface area contributed by atoms with Crippen molar-refractivity contribution in [2.24, 2.45) is 0 Å². The number of hydrogen-bond donors (Lipinski definition) is 2. The number of unbranched alkanes of at least 4 members (excludes halogenated alkanes) is 3. The van der Waals surface area contributed by atoms with Gasteiger partial charge >= 0.3 is 6.03 Å². The third-order valence-electron chi connectivity index (χ3n) is 2.05. The number of thioether (sulfide) groups is 1. The lowest BCUT2D eigenvalue weighted by molar-refractivity contribution is 0.232. The molecule has 4 heteroatoms. The number of urea groups is 1. The van der Waals surface area contributed by atoms with Crippen LogP contribution in [-0.2, 0) is 0 Å². The second kappa shape index (κ2) is 8.74. The van der Waals surface area contributed by atoms with Crippen LogP contribution in [0.3, 0.4) is 0 Å². The first-order chi connectivity index (χ1) is 7.45. The lowest BCUT2D eigenvalue weighted by Gasteiger charge is -2.20. The van der Waals surface area contributed by atoms with E-state index in [4.69, 9.17) is 0 Å². The van der Waals surface area contributed by atoms with Crippen LogP contribution in [0.15, 0.2) is 0 Å². The van der Waals surface area contributed by atoms with E-state index in [1.165, 1.54) is 25.0 Å². The minimum absolute atomic E-state index is 0.0587. The molecule has 0 bridgehead atoms. The SMILES string of the molecule is CSCCCCCCNC(=O)NC(C)(C)C. The molecule has 0 radical (unpaired) electrons. The highest BCUT2D eigenvalue weighted by Gasteiger charge is 2.12. The van der Waals surface area contributed by atoms with Crippen molar-refractivity contribution in [2.75, 3.05) is 18.6 Å². The summed E-state index contributed by atoms with van der Waals surface area (Å²) in [5.41, 5.74) is -0.150. The van der Waals surface area contributed by atoms with Gasteiger partial charge in [0.25, 0.3) is 0 Å². The topological polar surface area (TPSA) is 41.1 Å². The zero-order chi connectivity index (χ0) is 12.4. The van der Waals surface area contributed by atoms with Gasteiger partial charge in [0.05, 0.1) is 0 Å². The Kier molecular flexibility index (Phi) is 8.53. The smallest absolute Gasteiger partial charge is 0.315 e. The first-order valence-corrected chi connectivity index (χ1v) is 7.40. The van der Waals surface area contributed by atoms with Crippen LogP contribution in [0.4, 0.5) is 4.79 Å². The van der Waals surface area contributed by atoms with Crippen molar-refractivity contribution in [3.63, 3.8) is 0 Å². The standard InChI is InChI=1S/C12H26N2OS/c1-12(2,3)14-11(15)13-9-7-5-6-8-10-16-4/h5-10H2,1-4H3,(H2,13,14,15). The van der Waals surface area contributed by atoms with Gasteiger partial charge in [-0.2, -0.15) is 11.8 Å². The summed E-state index contributed by atoms with van der Waals surface area (Å²) >= 11 is 1.90. The van der Waals surface area contributed by atoms with Crippen LogP contribution in [0, 0.1) is 0 Å². The highest BCUT2D eigenvalue weighted by molar-refractivity contribution is 7.98. The van der Waals surface area contributed by atoms with Gasteiger partial charge in [0.15, 0.2) is 0 Å². The van der Waals surface area contributed by atoms with E-state index in [1.807, 2.05) is 32.5 Å². The first-order valence-electron chi connectivity index (χ1n) is 6.00. The van der Waals surface area contributed by atoms with Crippen molar-refractivity contribution in [3.05, 3.63) is 0 Å². The summed E-state index contributed by atoms with van der Waals surface area (Å²) in [5.74, 6) is 1.25. The number of hydrogen-bond acceptors (Lipinski definition) is 2. The zero-order valence-corrected chi connectivity index (χ0v) is 11.9. The Morgan fingerprint density at radius 1 is 1.12 bits per heavy atom. The average molecular weight is 246 g/mol. The Morgan fingerprint density at radius 2 is 1.75 bits per heavy atom. The summed E-state index contributed by atoms with van der Waals surface area (Å²) in [6, 6.07) is -0.0587. The fourth-order valence-electron chi connectivity index (χ4n) is 1.31. The van der Waals surface area contributed by atoms with E-state index in [0.717, 1.165) is 13.0 Å². The average Bonchev–Trinajstić information content (AvgIpc) is 2.13. The van der Waals surface area contributed by atoms with Crippen molar-refractivity contribution >= 4 is 17.8 Å². The highest BCUT2D eigenvalue weighted by atomic mass is 32.2. The van der Waals surface area contributed by atoms with Gasteiger partial charge in [0.2, 0.25) is 0 Å². The van der Waals surface area contributed by atoms with Gasteiger partial charge in [-0.15, -0.1) is 0 Å². The van der Waals surface area contributed by atoms with Crippen LogP contribution >= 0.6 is 11.8 Å². The molecule has 0 aromatic carbocycles. The fraction of sp³-hybridized carbons (Fsp3) is 0.917. The predicted octanol–water partition coefficient (Wildman–Crippen LogP) is 3.01. The molecule has 0 aliphatic rings. The second-order valence-electron chi connectivity index (χ2n) is 5.04. The Hall–Kier alpha value is -0.380. The molecule has 96 valence electrons. The predicted molar refractivity (Wildman–Crippen MR) is 73.1 cm³/mol. The van der Waals surface area contributed by atoms with Crippen molar-refractivity contribution in [2.45, 2.75) is 52.0 Å². The van der Waals surface area contributed by atoms with Gasteiger partial charge in [0.1, 0.15) is 0 Å². The molecule has 0 heterocycles. The van der Waals surface area contributed by atoms with Gasteiger partial charge in [-0.1, -0.05) is 12.8 Å². The molecule has 0 aliphatic carbocycles. The zero-order valence-electron chi connectivity index (χ0n) is 11.1. The molecule has 0 fully saturated rings. The van der Waals surface area contributed by atoms with E-state index in [2.05, 4.69) is 16.9 Å². The molecular weight excluding hydrogens is 220 g/mol. The quantitative estimate of drug-likeness (QED) is 0.678. The molecule has 3 nitrogen and oxygen atoms in total. The summed E-state index contributed by atoms with van der Waals surface area (Å²) in [6.07, 6.45) is 6.97. The molecule has 0 rings (SSSR count). The molecular formula is C12H26N2OS. The maximum Gasteiger partial charge on any atom is 0.315 e. The number of carbonyl (C=O) groups is 1. The second-order valence-corrected chi connectivity index (χ2v) is 6.02. The molecule has 0 aromatic heterocycles. The molecule has 2 N–H and O–H groups in total. The molecule has 2 amide bonds. The van der Waals surface area contributed by atoms with E-state index in [1.54, 1.807) is 0 Å². The highest BCUT2D eigenvalue weighted by Crippen LogP contribution is 2.04. The summed E-state index contributed by atoms with van der Waals surface area (Å²) in [6.45, 7) is 6.72. The number of rotatable bonds is 7. The number of nitrogens with one attached hydrogen (secondary N) is 2. The Morgan fingerprint density at radius 3 is 2.31 bits per heavy atom. The van der Waals surface area contributed by atoms with E-state index in [9.17, 15) is 4.79 Å².